The van der Waals surface area contributed by atoms with Crippen molar-refractivity contribution in [3.63, 3.8) is 0 Å². The van der Waals surface area contributed by atoms with Gasteiger partial charge in [-0.1, -0.05) is 30.3 Å². The molecule has 0 atom stereocenters. The van der Waals surface area contributed by atoms with Gasteiger partial charge in [0.15, 0.2) is 0 Å². The van der Waals surface area contributed by atoms with Crippen LogP contribution in [0.1, 0.15) is 18.4 Å². The molecule has 0 heterocycles. The Morgan fingerprint density at radius 1 is 0.760 bits per heavy atom. The summed E-state index contributed by atoms with van der Waals surface area (Å²) in [6.07, 6.45) is -1.68. The number of hydrogen-bond acceptors (Lipinski definition) is 4. The zero-order valence-electron chi connectivity index (χ0n) is 13.1. The third-order valence-corrected chi connectivity index (χ3v) is 3.70. The number of rotatable bonds is 8. The van der Waals surface area contributed by atoms with Crippen LogP contribution in [0.15, 0.2) is 54.6 Å². The molecule has 7 heteroatoms. The summed E-state index contributed by atoms with van der Waals surface area (Å²) in [5.41, 5.74) is -1.96. The van der Waals surface area contributed by atoms with Gasteiger partial charge in [-0.15, -0.1) is 0 Å². The highest BCUT2D eigenvalue weighted by Crippen LogP contribution is 2.34. The van der Waals surface area contributed by atoms with E-state index in [1.807, 2.05) is 6.07 Å². The maximum absolute atomic E-state index is 11.7. The van der Waals surface area contributed by atoms with Crippen molar-refractivity contribution in [3.8, 4) is 11.5 Å². The van der Waals surface area contributed by atoms with E-state index in [-0.39, 0.29) is 5.56 Å². The maximum Gasteiger partial charge on any atom is 0.315 e. The fourth-order valence-corrected chi connectivity index (χ4v) is 2.52. The first-order chi connectivity index (χ1) is 11.8. The highest BCUT2D eigenvalue weighted by atomic mass is 16.5. The van der Waals surface area contributed by atoms with E-state index in [1.165, 1.54) is 24.3 Å². The van der Waals surface area contributed by atoms with E-state index in [0.717, 1.165) is 0 Å². The van der Waals surface area contributed by atoms with Crippen LogP contribution in [-0.2, 0) is 19.8 Å². The number of ether oxygens (including phenoxy) is 1. The van der Waals surface area contributed by atoms with Gasteiger partial charge in [0.1, 0.15) is 16.9 Å². The molecule has 0 aromatic heterocycles. The van der Waals surface area contributed by atoms with Crippen LogP contribution in [-0.4, -0.2) is 33.2 Å². The molecule has 3 N–H and O–H groups in total. The molecule has 0 saturated carbocycles. The molecule has 7 nitrogen and oxygen atoms in total. The van der Waals surface area contributed by atoms with Gasteiger partial charge in [0.25, 0.3) is 0 Å². The Labute approximate surface area is 143 Å². The van der Waals surface area contributed by atoms with Crippen LogP contribution in [0, 0.1) is 0 Å². The number of benzene rings is 2. The molecule has 0 bridgehead atoms. The predicted octanol–water partition coefficient (Wildman–Crippen LogP) is 2.75. The van der Waals surface area contributed by atoms with Crippen molar-refractivity contribution >= 4 is 17.9 Å². The topological polar surface area (TPSA) is 121 Å². The molecule has 2 rings (SSSR count). The summed E-state index contributed by atoms with van der Waals surface area (Å²) in [5.74, 6) is -3.30. The van der Waals surface area contributed by atoms with Crippen molar-refractivity contribution in [1.82, 2.24) is 0 Å². The Bertz CT molecular complexity index is 750. The lowest BCUT2D eigenvalue weighted by atomic mass is 9.75. The van der Waals surface area contributed by atoms with Crippen molar-refractivity contribution in [1.29, 1.82) is 0 Å². The van der Waals surface area contributed by atoms with E-state index in [9.17, 15) is 19.5 Å². The zero-order chi connectivity index (χ0) is 18.4. The molecule has 0 aliphatic heterocycles. The van der Waals surface area contributed by atoms with Crippen molar-refractivity contribution in [3.05, 3.63) is 60.2 Å². The summed E-state index contributed by atoms with van der Waals surface area (Å²) in [7, 11) is 0. The molecule has 2 aromatic rings. The fraction of sp³-hybridized carbons (Fsp3) is 0.167. The van der Waals surface area contributed by atoms with E-state index >= 15 is 0 Å². The molecule has 130 valence electrons. The SMILES string of the molecule is O=C(O)CC(CC(=O)O)(C(=O)O)c1ccc(Oc2ccccc2)cc1. The molecule has 0 aliphatic carbocycles. The van der Waals surface area contributed by atoms with E-state index in [4.69, 9.17) is 14.9 Å². The molecule has 0 spiro atoms. The molecular weight excluding hydrogens is 328 g/mol. The average molecular weight is 344 g/mol. The first-order valence-electron chi connectivity index (χ1n) is 7.34. The van der Waals surface area contributed by atoms with Gasteiger partial charge in [0.2, 0.25) is 0 Å². The summed E-state index contributed by atoms with van der Waals surface area (Å²) in [5, 5.41) is 27.6. The Hall–Kier alpha value is -3.35. The maximum atomic E-state index is 11.7. The lowest BCUT2D eigenvalue weighted by molar-refractivity contribution is -0.154. The summed E-state index contributed by atoms with van der Waals surface area (Å²) < 4.78 is 5.59. The van der Waals surface area contributed by atoms with Crippen LogP contribution < -0.4 is 4.74 Å². The quantitative estimate of drug-likeness (QED) is 0.673. The lowest BCUT2D eigenvalue weighted by Crippen LogP contribution is -2.40. The van der Waals surface area contributed by atoms with E-state index < -0.39 is 36.2 Å². The molecule has 0 saturated heterocycles. The number of aliphatic carboxylic acids is 3. The minimum Gasteiger partial charge on any atom is -0.481 e. The van der Waals surface area contributed by atoms with Crippen molar-refractivity contribution < 1.29 is 34.4 Å². The number of carbonyl (C=O) groups is 3. The van der Waals surface area contributed by atoms with Gasteiger partial charge in [-0.25, -0.2) is 0 Å². The molecule has 0 unspecified atom stereocenters. The van der Waals surface area contributed by atoms with Crippen LogP contribution in [0.4, 0.5) is 0 Å². The number of para-hydroxylation sites is 1. The van der Waals surface area contributed by atoms with E-state index in [0.29, 0.717) is 11.5 Å². The second-order valence-electron chi connectivity index (χ2n) is 5.47. The fourth-order valence-electron chi connectivity index (χ4n) is 2.52. The number of carboxylic acids is 3. The molecular formula is C18H16O7. The molecule has 0 amide bonds. The summed E-state index contributed by atoms with van der Waals surface area (Å²) in [6.45, 7) is 0. The molecule has 0 radical (unpaired) electrons. The standard InChI is InChI=1S/C18H16O7/c19-15(20)10-18(17(23)24,11-16(21)22)12-6-8-14(9-7-12)25-13-4-2-1-3-5-13/h1-9H,10-11H2,(H,19,20)(H,21,22)(H,23,24). The van der Waals surface area contributed by atoms with Crippen LogP contribution in [0.3, 0.4) is 0 Å². The van der Waals surface area contributed by atoms with Crippen LogP contribution >= 0.6 is 0 Å². The van der Waals surface area contributed by atoms with Gasteiger partial charge in [0.05, 0.1) is 12.8 Å². The smallest absolute Gasteiger partial charge is 0.315 e. The number of carboxylic acid groups (broad SMARTS) is 3. The first-order valence-corrected chi connectivity index (χ1v) is 7.34. The van der Waals surface area contributed by atoms with Gasteiger partial charge in [-0.05, 0) is 29.8 Å². The third kappa shape index (κ3) is 4.35. The largest absolute Gasteiger partial charge is 0.481 e. The molecule has 2 aromatic carbocycles. The Balaban J connectivity index is 2.35. The molecule has 25 heavy (non-hydrogen) atoms. The Morgan fingerprint density at radius 2 is 1.24 bits per heavy atom. The van der Waals surface area contributed by atoms with Crippen molar-refractivity contribution in [2.45, 2.75) is 18.3 Å². The lowest BCUT2D eigenvalue weighted by Gasteiger charge is -2.26. The Morgan fingerprint density at radius 3 is 1.68 bits per heavy atom. The van der Waals surface area contributed by atoms with Gasteiger partial charge in [-0.2, -0.15) is 0 Å². The number of hydrogen-bond donors (Lipinski definition) is 3. The second kappa shape index (κ2) is 7.48. The monoisotopic (exact) mass is 344 g/mol. The van der Waals surface area contributed by atoms with E-state index in [2.05, 4.69) is 0 Å². The molecule has 0 aliphatic rings. The van der Waals surface area contributed by atoms with Crippen LogP contribution in [0.5, 0.6) is 11.5 Å². The second-order valence-corrected chi connectivity index (χ2v) is 5.47. The van der Waals surface area contributed by atoms with Crippen molar-refractivity contribution in [2.24, 2.45) is 0 Å². The summed E-state index contributed by atoms with van der Waals surface area (Å²) >= 11 is 0. The molecule has 0 fully saturated rings. The van der Waals surface area contributed by atoms with Crippen LogP contribution in [0.25, 0.3) is 0 Å². The summed E-state index contributed by atoms with van der Waals surface area (Å²) in [6, 6.07) is 14.6. The summed E-state index contributed by atoms with van der Waals surface area (Å²) in [4.78, 5) is 33.9. The van der Waals surface area contributed by atoms with Crippen molar-refractivity contribution in [2.75, 3.05) is 0 Å². The van der Waals surface area contributed by atoms with Crippen LogP contribution in [0.2, 0.25) is 0 Å². The highest BCUT2D eigenvalue weighted by molar-refractivity contribution is 5.91. The normalized spacial score (nSPS) is 10.9. The minimum atomic E-state index is -2.05. The first kappa shape index (κ1) is 18.0. The van der Waals surface area contributed by atoms with E-state index in [1.54, 1.807) is 24.3 Å². The minimum absolute atomic E-state index is 0.0882. The Kier molecular flexibility index (Phi) is 5.38. The van der Waals surface area contributed by atoms with Gasteiger partial charge in [-0.3, -0.25) is 14.4 Å². The zero-order valence-corrected chi connectivity index (χ0v) is 13.1. The third-order valence-electron chi connectivity index (χ3n) is 3.70. The van der Waals surface area contributed by atoms with Gasteiger partial charge in [0, 0.05) is 0 Å². The average Bonchev–Trinajstić information content (AvgIpc) is 2.54. The van der Waals surface area contributed by atoms with Gasteiger partial charge >= 0.3 is 17.9 Å². The highest BCUT2D eigenvalue weighted by Gasteiger charge is 2.44. The predicted molar refractivity (Wildman–Crippen MR) is 86.8 cm³/mol. The van der Waals surface area contributed by atoms with Gasteiger partial charge < -0.3 is 20.1 Å².